The van der Waals surface area contributed by atoms with E-state index < -0.39 is 0 Å². The highest BCUT2D eigenvalue weighted by Crippen LogP contribution is 2.29. The molecule has 0 radical (unpaired) electrons. The number of benzene rings is 2. The number of nitrogens with one attached hydrogen (secondary N) is 1. The summed E-state index contributed by atoms with van der Waals surface area (Å²) in [4.78, 5) is 26.8. The van der Waals surface area contributed by atoms with Crippen LogP contribution in [0, 0.1) is 5.92 Å². The molecule has 0 atom stereocenters. The van der Waals surface area contributed by atoms with Crippen LogP contribution in [0.25, 0.3) is 0 Å². The molecule has 3 rings (SSSR count). The lowest BCUT2D eigenvalue weighted by Gasteiger charge is -2.18. The van der Waals surface area contributed by atoms with Gasteiger partial charge in [0.2, 0.25) is 5.91 Å². The number of hydrogen-bond acceptors (Lipinski definition) is 2. The van der Waals surface area contributed by atoms with E-state index in [9.17, 15) is 9.59 Å². The molecule has 0 saturated carbocycles. The highest BCUT2D eigenvalue weighted by Gasteiger charge is 2.25. The second-order valence-electron chi connectivity index (χ2n) is 6.42. The number of para-hydroxylation sites is 1. The van der Waals surface area contributed by atoms with Crippen LogP contribution in [-0.4, -0.2) is 18.4 Å². The summed E-state index contributed by atoms with van der Waals surface area (Å²) in [5, 5.41) is 2.93. The predicted octanol–water partition coefficient (Wildman–Crippen LogP) is 4.26. The Kier molecular flexibility index (Phi) is 5.17. The first-order valence-electron chi connectivity index (χ1n) is 8.94. The maximum absolute atomic E-state index is 12.8. The third-order valence-electron chi connectivity index (χ3n) is 4.89. The summed E-state index contributed by atoms with van der Waals surface area (Å²) < 4.78 is 0. The summed E-state index contributed by atoms with van der Waals surface area (Å²) in [5.41, 5.74) is 3.58. The predicted molar refractivity (Wildman–Crippen MR) is 101 cm³/mol. The molecule has 2 aromatic carbocycles. The number of carbonyl (C=O) groups excluding carboxylic acids is 2. The van der Waals surface area contributed by atoms with Crippen LogP contribution in [-0.2, 0) is 11.2 Å². The lowest BCUT2D eigenvalue weighted by molar-refractivity contribution is -0.120. The lowest BCUT2D eigenvalue weighted by atomic mass is 10.0. The van der Waals surface area contributed by atoms with Gasteiger partial charge in [-0.2, -0.15) is 0 Å². The largest absolute Gasteiger partial charge is 0.326 e. The molecule has 4 heteroatoms. The van der Waals surface area contributed by atoms with Gasteiger partial charge in [-0.05, 0) is 55.2 Å². The molecule has 1 heterocycles. The van der Waals surface area contributed by atoms with Gasteiger partial charge in [-0.25, -0.2) is 0 Å². The Bertz CT molecular complexity index is 764. The molecule has 0 aromatic heterocycles. The monoisotopic (exact) mass is 336 g/mol. The van der Waals surface area contributed by atoms with Gasteiger partial charge in [-0.1, -0.05) is 32.0 Å². The summed E-state index contributed by atoms with van der Waals surface area (Å²) >= 11 is 0. The molecule has 25 heavy (non-hydrogen) atoms. The average Bonchev–Trinajstić information content (AvgIpc) is 3.07. The summed E-state index contributed by atoms with van der Waals surface area (Å²) in [6.07, 6.45) is 2.55. The zero-order chi connectivity index (χ0) is 17.8. The third-order valence-corrected chi connectivity index (χ3v) is 4.89. The number of nitrogens with zero attached hydrogens (tertiary/aromatic N) is 1. The van der Waals surface area contributed by atoms with E-state index in [1.54, 1.807) is 24.3 Å². The Morgan fingerprint density at radius 2 is 1.72 bits per heavy atom. The number of fused-ring (bicyclic) bond motifs is 1. The van der Waals surface area contributed by atoms with Crippen molar-refractivity contribution in [3.8, 4) is 0 Å². The fraction of sp³-hybridized carbons (Fsp3) is 0.333. The van der Waals surface area contributed by atoms with Crippen molar-refractivity contribution < 1.29 is 9.59 Å². The van der Waals surface area contributed by atoms with Gasteiger partial charge in [0.1, 0.15) is 0 Å². The molecule has 0 spiro atoms. The van der Waals surface area contributed by atoms with Crippen molar-refractivity contribution >= 4 is 23.2 Å². The summed E-state index contributed by atoms with van der Waals surface area (Å²) in [5.74, 6) is 0.0720. The maximum Gasteiger partial charge on any atom is 0.258 e. The molecule has 1 N–H and O–H groups in total. The maximum atomic E-state index is 12.8. The minimum atomic E-state index is 0.00261. The van der Waals surface area contributed by atoms with Crippen LogP contribution in [0.5, 0.6) is 0 Å². The lowest BCUT2D eigenvalue weighted by Crippen LogP contribution is -2.28. The molecule has 0 aliphatic carbocycles. The molecule has 2 aromatic rings. The Balaban J connectivity index is 1.71. The molecule has 0 saturated heterocycles. The van der Waals surface area contributed by atoms with Gasteiger partial charge < -0.3 is 10.2 Å². The molecule has 1 aliphatic heterocycles. The van der Waals surface area contributed by atoms with E-state index in [-0.39, 0.29) is 17.7 Å². The van der Waals surface area contributed by atoms with E-state index in [2.05, 4.69) is 11.4 Å². The number of amides is 2. The van der Waals surface area contributed by atoms with Crippen molar-refractivity contribution in [1.82, 2.24) is 0 Å². The molecule has 0 unspecified atom stereocenters. The van der Waals surface area contributed by atoms with Gasteiger partial charge in [0, 0.05) is 29.4 Å². The van der Waals surface area contributed by atoms with Crippen LogP contribution in [0.3, 0.4) is 0 Å². The number of carbonyl (C=O) groups is 2. The van der Waals surface area contributed by atoms with E-state index in [1.807, 2.05) is 36.9 Å². The van der Waals surface area contributed by atoms with Crippen molar-refractivity contribution in [3.63, 3.8) is 0 Å². The molecular weight excluding hydrogens is 312 g/mol. The first-order chi connectivity index (χ1) is 12.1. The zero-order valence-electron chi connectivity index (χ0n) is 14.8. The van der Waals surface area contributed by atoms with Crippen molar-refractivity contribution in [1.29, 1.82) is 0 Å². The van der Waals surface area contributed by atoms with Crippen molar-refractivity contribution in [2.75, 3.05) is 16.8 Å². The fourth-order valence-corrected chi connectivity index (χ4v) is 3.30. The second-order valence-corrected chi connectivity index (χ2v) is 6.42. The Labute approximate surface area is 148 Å². The third kappa shape index (κ3) is 3.58. The number of rotatable bonds is 5. The normalized spacial score (nSPS) is 13.0. The van der Waals surface area contributed by atoms with Crippen LogP contribution >= 0.6 is 0 Å². The van der Waals surface area contributed by atoms with Gasteiger partial charge in [-0.3, -0.25) is 9.59 Å². The quantitative estimate of drug-likeness (QED) is 0.887. The molecule has 130 valence electrons. The SMILES string of the molecule is CCC(CC)C(=O)Nc1ccc(C(=O)N2CCc3ccccc32)cc1. The topological polar surface area (TPSA) is 49.4 Å². The fourth-order valence-electron chi connectivity index (χ4n) is 3.30. The standard InChI is InChI=1S/C21H24N2O2/c1-3-15(4-2)20(24)22-18-11-9-17(10-12-18)21(25)23-14-13-16-7-5-6-8-19(16)23/h5-12,15H,3-4,13-14H2,1-2H3,(H,22,24). The zero-order valence-corrected chi connectivity index (χ0v) is 14.8. The Morgan fingerprint density at radius 3 is 2.40 bits per heavy atom. The van der Waals surface area contributed by atoms with E-state index in [4.69, 9.17) is 0 Å². The van der Waals surface area contributed by atoms with Crippen LogP contribution in [0.4, 0.5) is 11.4 Å². The van der Waals surface area contributed by atoms with E-state index >= 15 is 0 Å². The average molecular weight is 336 g/mol. The van der Waals surface area contributed by atoms with Crippen molar-refractivity contribution in [3.05, 3.63) is 59.7 Å². The Hall–Kier alpha value is -2.62. The van der Waals surface area contributed by atoms with Crippen LogP contribution in [0.15, 0.2) is 48.5 Å². The summed E-state index contributed by atoms with van der Waals surface area (Å²) in [7, 11) is 0. The highest BCUT2D eigenvalue weighted by molar-refractivity contribution is 6.07. The van der Waals surface area contributed by atoms with E-state index in [0.29, 0.717) is 12.1 Å². The van der Waals surface area contributed by atoms with Gasteiger partial charge in [0.15, 0.2) is 0 Å². The van der Waals surface area contributed by atoms with Gasteiger partial charge in [-0.15, -0.1) is 0 Å². The first-order valence-corrected chi connectivity index (χ1v) is 8.94. The minimum Gasteiger partial charge on any atom is -0.326 e. The summed E-state index contributed by atoms with van der Waals surface area (Å²) in [6, 6.07) is 15.2. The first kappa shape index (κ1) is 17.2. The van der Waals surface area contributed by atoms with Gasteiger partial charge in [0.05, 0.1) is 0 Å². The summed E-state index contributed by atoms with van der Waals surface area (Å²) in [6.45, 7) is 4.75. The molecule has 4 nitrogen and oxygen atoms in total. The molecule has 0 bridgehead atoms. The molecule has 2 amide bonds. The van der Waals surface area contributed by atoms with Crippen LogP contribution in [0.1, 0.15) is 42.6 Å². The van der Waals surface area contributed by atoms with E-state index in [0.717, 1.165) is 30.6 Å². The van der Waals surface area contributed by atoms with Crippen molar-refractivity contribution in [2.45, 2.75) is 33.1 Å². The van der Waals surface area contributed by atoms with Gasteiger partial charge in [0.25, 0.3) is 5.91 Å². The molecular formula is C21H24N2O2. The van der Waals surface area contributed by atoms with E-state index in [1.165, 1.54) is 5.56 Å². The minimum absolute atomic E-state index is 0.00261. The second kappa shape index (κ2) is 7.51. The van der Waals surface area contributed by atoms with Gasteiger partial charge >= 0.3 is 0 Å². The number of anilines is 2. The van der Waals surface area contributed by atoms with Crippen LogP contribution < -0.4 is 10.2 Å². The van der Waals surface area contributed by atoms with Crippen molar-refractivity contribution in [2.24, 2.45) is 5.92 Å². The number of hydrogen-bond donors (Lipinski definition) is 1. The Morgan fingerprint density at radius 1 is 1.04 bits per heavy atom. The molecule has 1 aliphatic rings. The molecule has 0 fully saturated rings. The highest BCUT2D eigenvalue weighted by atomic mass is 16.2. The smallest absolute Gasteiger partial charge is 0.258 e. The van der Waals surface area contributed by atoms with Crippen LogP contribution in [0.2, 0.25) is 0 Å².